The number of hydrogen-bond acceptors (Lipinski definition) is 3. The number of halogens is 1. The van der Waals surface area contributed by atoms with Crippen molar-refractivity contribution in [3.63, 3.8) is 0 Å². The lowest BCUT2D eigenvalue weighted by Gasteiger charge is -2.20. The van der Waals surface area contributed by atoms with Crippen LogP contribution in [0.1, 0.15) is 22.6 Å². The molecule has 0 aliphatic rings. The van der Waals surface area contributed by atoms with Gasteiger partial charge < -0.3 is 25.1 Å². The second kappa shape index (κ2) is 9.88. The molecule has 7 heteroatoms. The molecule has 0 bridgehead atoms. The van der Waals surface area contributed by atoms with E-state index >= 15 is 0 Å². The van der Waals surface area contributed by atoms with E-state index in [1.807, 2.05) is 55.6 Å². The molecule has 0 aliphatic carbocycles. The molecule has 4 aromatic rings. The van der Waals surface area contributed by atoms with Crippen molar-refractivity contribution < 1.29 is 14.3 Å². The van der Waals surface area contributed by atoms with Gasteiger partial charge in [-0.05, 0) is 53.9 Å². The van der Waals surface area contributed by atoms with Crippen LogP contribution in [0.15, 0.2) is 66.9 Å². The molecule has 6 nitrogen and oxygen atoms in total. The smallest absolute Gasteiger partial charge is 0.319 e. The highest BCUT2D eigenvalue weighted by molar-refractivity contribution is 6.31. The fourth-order valence-corrected chi connectivity index (χ4v) is 4.12. The molecule has 0 saturated heterocycles. The van der Waals surface area contributed by atoms with Crippen LogP contribution in [0, 0.1) is 6.92 Å². The van der Waals surface area contributed by atoms with Crippen LogP contribution >= 0.6 is 11.6 Å². The van der Waals surface area contributed by atoms with E-state index in [1.54, 1.807) is 26.4 Å². The second-order valence-electron chi connectivity index (χ2n) is 7.75. The van der Waals surface area contributed by atoms with Crippen molar-refractivity contribution in [1.82, 2.24) is 10.3 Å². The number of hydrogen-bond donors (Lipinski definition) is 3. The summed E-state index contributed by atoms with van der Waals surface area (Å²) in [5.74, 6) is 1.17. The molecule has 0 saturated carbocycles. The summed E-state index contributed by atoms with van der Waals surface area (Å²) in [4.78, 5) is 16.1. The average molecular weight is 464 g/mol. The lowest BCUT2D eigenvalue weighted by molar-refractivity contribution is 0.252. The summed E-state index contributed by atoms with van der Waals surface area (Å²) in [6.07, 6.45) is 1.99. The quantitative estimate of drug-likeness (QED) is 0.310. The first-order valence-electron chi connectivity index (χ1n) is 10.6. The summed E-state index contributed by atoms with van der Waals surface area (Å²) >= 11 is 6.09. The number of methoxy groups -OCH3 is 2. The van der Waals surface area contributed by atoms with E-state index in [2.05, 4.69) is 21.7 Å². The van der Waals surface area contributed by atoms with Crippen molar-refractivity contribution in [3.8, 4) is 11.5 Å². The number of urea groups is 1. The number of H-pyrrole nitrogens is 1. The Morgan fingerprint density at radius 1 is 1.03 bits per heavy atom. The van der Waals surface area contributed by atoms with Crippen LogP contribution in [-0.4, -0.2) is 31.8 Å². The van der Waals surface area contributed by atoms with Gasteiger partial charge in [-0.2, -0.15) is 0 Å². The van der Waals surface area contributed by atoms with Gasteiger partial charge in [0, 0.05) is 40.3 Å². The van der Waals surface area contributed by atoms with Gasteiger partial charge in [-0.1, -0.05) is 41.9 Å². The van der Waals surface area contributed by atoms with Crippen LogP contribution in [0.2, 0.25) is 5.02 Å². The van der Waals surface area contributed by atoms with Crippen LogP contribution < -0.4 is 20.1 Å². The summed E-state index contributed by atoms with van der Waals surface area (Å²) in [6.45, 7) is 2.30. The predicted octanol–water partition coefficient (Wildman–Crippen LogP) is 6.10. The topological polar surface area (TPSA) is 75.4 Å². The normalized spacial score (nSPS) is 11.8. The van der Waals surface area contributed by atoms with Crippen LogP contribution in [-0.2, 0) is 0 Å². The third-order valence-electron chi connectivity index (χ3n) is 5.72. The number of para-hydroxylation sites is 1. The number of ether oxygens (including phenoxy) is 2. The minimum Gasteiger partial charge on any atom is -0.493 e. The number of anilines is 1. The lowest BCUT2D eigenvalue weighted by atomic mass is 9.90. The molecule has 0 fully saturated rings. The van der Waals surface area contributed by atoms with Gasteiger partial charge in [0.15, 0.2) is 11.5 Å². The molecular formula is C26H26ClN3O3. The highest BCUT2D eigenvalue weighted by atomic mass is 35.5. The summed E-state index contributed by atoms with van der Waals surface area (Å²) in [5.41, 5.74) is 4.73. The Balaban J connectivity index is 1.63. The van der Waals surface area contributed by atoms with Crippen molar-refractivity contribution in [3.05, 3.63) is 88.6 Å². The average Bonchev–Trinajstić information content (AvgIpc) is 3.25. The number of fused-ring (bicyclic) bond motifs is 1. The number of amides is 2. The van der Waals surface area contributed by atoms with Gasteiger partial charge in [0.2, 0.25) is 0 Å². The summed E-state index contributed by atoms with van der Waals surface area (Å²) in [6, 6.07) is 19.0. The molecule has 3 N–H and O–H groups in total. The summed E-state index contributed by atoms with van der Waals surface area (Å²) in [5, 5.41) is 7.58. The van der Waals surface area contributed by atoms with E-state index in [-0.39, 0.29) is 11.9 Å². The van der Waals surface area contributed by atoms with Gasteiger partial charge in [0.25, 0.3) is 0 Å². The number of aryl methyl sites for hydroxylation is 1. The molecule has 1 aromatic heterocycles. The highest BCUT2D eigenvalue weighted by Gasteiger charge is 2.21. The Morgan fingerprint density at radius 2 is 1.82 bits per heavy atom. The van der Waals surface area contributed by atoms with Gasteiger partial charge >= 0.3 is 6.03 Å². The van der Waals surface area contributed by atoms with Gasteiger partial charge in [0.05, 0.1) is 14.2 Å². The standard InChI is InChI=1S/C26H26ClN3O3/c1-16-8-10-18(27)13-23(16)30-26(31)29-14-20(17-9-11-24(32-2)25(12-17)33-3)21-15-28-22-7-5-4-6-19(21)22/h4-13,15,20,28H,14H2,1-3H3,(H2,29,30,31)/t20-/m1/s1. The van der Waals surface area contributed by atoms with Crippen molar-refractivity contribution >= 4 is 34.2 Å². The van der Waals surface area contributed by atoms with Crippen LogP contribution in [0.5, 0.6) is 11.5 Å². The molecule has 1 atom stereocenters. The molecule has 0 radical (unpaired) electrons. The first-order valence-corrected chi connectivity index (χ1v) is 11.0. The lowest BCUT2D eigenvalue weighted by Crippen LogP contribution is -2.33. The summed E-state index contributed by atoms with van der Waals surface area (Å²) < 4.78 is 10.9. The summed E-state index contributed by atoms with van der Waals surface area (Å²) in [7, 11) is 3.22. The van der Waals surface area contributed by atoms with E-state index < -0.39 is 0 Å². The van der Waals surface area contributed by atoms with Crippen molar-refractivity contribution in [2.24, 2.45) is 0 Å². The molecule has 0 unspecified atom stereocenters. The van der Waals surface area contributed by atoms with Gasteiger partial charge in [-0.15, -0.1) is 0 Å². The predicted molar refractivity (Wildman–Crippen MR) is 133 cm³/mol. The molecule has 2 amide bonds. The Bertz CT molecular complexity index is 1290. The molecule has 0 aliphatic heterocycles. The zero-order valence-corrected chi connectivity index (χ0v) is 19.5. The van der Waals surface area contributed by atoms with Crippen LogP contribution in [0.3, 0.4) is 0 Å². The first kappa shape index (κ1) is 22.6. The van der Waals surface area contributed by atoms with E-state index in [0.717, 1.165) is 27.6 Å². The van der Waals surface area contributed by atoms with E-state index in [0.29, 0.717) is 28.8 Å². The molecule has 4 rings (SSSR count). The fourth-order valence-electron chi connectivity index (χ4n) is 3.95. The SMILES string of the molecule is COc1ccc([C@@H](CNC(=O)Nc2cc(Cl)ccc2C)c2c[nH]c3ccccc23)cc1OC. The molecule has 3 aromatic carbocycles. The zero-order chi connectivity index (χ0) is 23.4. The third kappa shape index (κ3) is 4.91. The van der Waals surface area contributed by atoms with Gasteiger partial charge in [-0.3, -0.25) is 0 Å². The Kier molecular flexibility index (Phi) is 6.75. The van der Waals surface area contributed by atoms with Gasteiger partial charge in [-0.25, -0.2) is 4.79 Å². The van der Waals surface area contributed by atoms with E-state index in [4.69, 9.17) is 21.1 Å². The largest absolute Gasteiger partial charge is 0.493 e. The Hall–Kier alpha value is -3.64. The maximum atomic E-state index is 12.8. The van der Waals surface area contributed by atoms with Crippen molar-refractivity contribution in [1.29, 1.82) is 0 Å². The Labute approximate surface area is 197 Å². The van der Waals surface area contributed by atoms with Crippen molar-refractivity contribution in [2.75, 3.05) is 26.1 Å². The van der Waals surface area contributed by atoms with Crippen LogP contribution in [0.25, 0.3) is 10.9 Å². The maximum absolute atomic E-state index is 12.8. The number of aromatic nitrogens is 1. The Morgan fingerprint density at radius 3 is 2.61 bits per heavy atom. The number of carbonyl (C=O) groups excluding carboxylic acids is 1. The number of aromatic amines is 1. The van der Waals surface area contributed by atoms with Gasteiger partial charge in [0.1, 0.15) is 0 Å². The monoisotopic (exact) mass is 463 g/mol. The number of benzene rings is 3. The number of rotatable bonds is 7. The van der Waals surface area contributed by atoms with Crippen molar-refractivity contribution in [2.45, 2.75) is 12.8 Å². The first-order chi connectivity index (χ1) is 16.0. The molecule has 0 spiro atoms. The van der Waals surface area contributed by atoms with E-state index in [9.17, 15) is 4.79 Å². The minimum atomic E-state index is -0.300. The second-order valence-corrected chi connectivity index (χ2v) is 8.19. The minimum absolute atomic E-state index is 0.118. The highest BCUT2D eigenvalue weighted by Crippen LogP contribution is 2.35. The number of carbonyl (C=O) groups is 1. The maximum Gasteiger partial charge on any atom is 0.319 e. The number of nitrogens with one attached hydrogen (secondary N) is 3. The molecule has 170 valence electrons. The fraction of sp³-hybridized carbons (Fsp3) is 0.192. The zero-order valence-electron chi connectivity index (χ0n) is 18.7. The van der Waals surface area contributed by atoms with Crippen LogP contribution in [0.4, 0.5) is 10.5 Å². The molecule has 33 heavy (non-hydrogen) atoms. The molecule has 1 heterocycles. The molecular weight excluding hydrogens is 438 g/mol. The third-order valence-corrected chi connectivity index (χ3v) is 5.96. The van der Waals surface area contributed by atoms with E-state index in [1.165, 1.54) is 0 Å².